The molecule has 1 aliphatic heterocycles. The number of carboxylic acid groups (broad SMARTS) is 1. The van der Waals surface area contributed by atoms with Crippen LogP contribution in [0.25, 0.3) is 0 Å². The van der Waals surface area contributed by atoms with Gasteiger partial charge >= 0.3 is 5.97 Å². The van der Waals surface area contributed by atoms with Crippen molar-refractivity contribution in [1.82, 2.24) is 10.2 Å². The molecule has 0 aliphatic carbocycles. The molecule has 27 heavy (non-hydrogen) atoms. The van der Waals surface area contributed by atoms with E-state index in [0.717, 1.165) is 5.56 Å². The molecule has 5 N–H and O–H groups in total. The highest BCUT2D eigenvalue weighted by Crippen LogP contribution is 2.20. The summed E-state index contributed by atoms with van der Waals surface area (Å²) in [5, 5.41) is 21.1. The van der Waals surface area contributed by atoms with Crippen molar-refractivity contribution in [2.24, 2.45) is 11.7 Å². The van der Waals surface area contributed by atoms with Crippen LogP contribution in [0.5, 0.6) is 5.75 Å². The van der Waals surface area contributed by atoms with Crippen molar-refractivity contribution in [3.8, 4) is 5.75 Å². The summed E-state index contributed by atoms with van der Waals surface area (Å²) in [4.78, 5) is 38.1. The second-order valence-corrected chi connectivity index (χ2v) is 7.24. The zero-order chi connectivity index (χ0) is 20.1. The number of amides is 2. The number of phenolic OH excluding ortho intramolecular Hbond substituents is 1. The summed E-state index contributed by atoms with van der Waals surface area (Å²) in [7, 11) is 0. The minimum absolute atomic E-state index is 0.132. The van der Waals surface area contributed by atoms with Crippen LogP contribution in [0.15, 0.2) is 24.3 Å². The number of nitrogens with two attached hydrogens (primary N) is 1. The minimum Gasteiger partial charge on any atom is -0.508 e. The number of hydrogen-bond acceptors (Lipinski definition) is 5. The average molecular weight is 377 g/mol. The topological polar surface area (TPSA) is 133 Å². The minimum atomic E-state index is -1.10. The number of carbonyl (C=O) groups excluding carboxylic acids is 2. The van der Waals surface area contributed by atoms with Gasteiger partial charge in [-0.15, -0.1) is 0 Å². The Labute approximate surface area is 158 Å². The number of aromatic hydroxyl groups is 1. The van der Waals surface area contributed by atoms with Crippen LogP contribution in [0.4, 0.5) is 0 Å². The summed E-state index contributed by atoms with van der Waals surface area (Å²) in [6.45, 7) is 3.84. The Bertz CT molecular complexity index is 689. The Balaban J connectivity index is 2.03. The number of carboxylic acids is 1. The molecular formula is C19H27N3O5. The fourth-order valence-corrected chi connectivity index (χ4v) is 3.25. The first-order chi connectivity index (χ1) is 12.7. The van der Waals surface area contributed by atoms with Crippen LogP contribution in [0.3, 0.4) is 0 Å². The van der Waals surface area contributed by atoms with Crippen LogP contribution in [0.1, 0.15) is 32.3 Å². The van der Waals surface area contributed by atoms with Crippen LogP contribution in [-0.4, -0.2) is 57.6 Å². The third-order valence-electron chi connectivity index (χ3n) is 4.78. The number of hydrogen-bond donors (Lipinski definition) is 4. The number of carbonyl (C=O) groups is 3. The standard InChI is InChI=1S/C19H27N3O5/c1-11(2)16(19(26)27)21-17(24)15-4-3-9-22(15)18(25)14(20)10-12-5-7-13(23)8-6-12/h5-8,11,14-16,23H,3-4,9-10,20H2,1-2H3,(H,21,24)(H,26,27)/t14-,15-,16-/m0/s1. The highest BCUT2D eigenvalue weighted by molar-refractivity contribution is 5.92. The molecule has 2 amide bonds. The summed E-state index contributed by atoms with van der Waals surface area (Å²) in [5.74, 6) is -2.03. The van der Waals surface area contributed by atoms with Crippen molar-refractivity contribution in [2.45, 2.75) is 51.2 Å². The molecule has 2 rings (SSSR count). The van der Waals surface area contributed by atoms with Crippen molar-refractivity contribution < 1.29 is 24.6 Å². The summed E-state index contributed by atoms with van der Waals surface area (Å²) < 4.78 is 0. The van der Waals surface area contributed by atoms with Crippen LogP contribution in [-0.2, 0) is 20.8 Å². The van der Waals surface area contributed by atoms with Crippen molar-refractivity contribution in [1.29, 1.82) is 0 Å². The Morgan fingerprint density at radius 2 is 1.89 bits per heavy atom. The van der Waals surface area contributed by atoms with Crippen LogP contribution in [0.2, 0.25) is 0 Å². The van der Waals surface area contributed by atoms with Gasteiger partial charge in [-0.3, -0.25) is 9.59 Å². The molecule has 0 radical (unpaired) electrons. The van der Waals surface area contributed by atoms with Crippen LogP contribution >= 0.6 is 0 Å². The lowest BCUT2D eigenvalue weighted by Crippen LogP contribution is -2.55. The monoisotopic (exact) mass is 377 g/mol. The van der Waals surface area contributed by atoms with E-state index < -0.39 is 30.0 Å². The number of rotatable bonds is 7. The molecule has 1 aliphatic rings. The Morgan fingerprint density at radius 1 is 1.26 bits per heavy atom. The first-order valence-electron chi connectivity index (χ1n) is 9.08. The molecule has 148 valence electrons. The van der Waals surface area contributed by atoms with Gasteiger partial charge in [0.15, 0.2) is 0 Å². The molecule has 1 fully saturated rings. The van der Waals surface area contributed by atoms with Crippen molar-refractivity contribution in [2.75, 3.05) is 6.54 Å². The fraction of sp³-hybridized carbons (Fsp3) is 0.526. The predicted octanol–water partition coefficient (Wildman–Crippen LogP) is 0.478. The maximum absolute atomic E-state index is 12.7. The van der Waals surface area contributed by atoms with E-state index in [0.29, 0.717) is 19.4 Å². The van der Waals surface area contributed by atoms with Gasteiger partial charge in [-0.25, -0.2) is 4.79 Å². The molecule has 1 aromatic rings. The van der Waals surface area contributed by atoms with Crippen molar-refractivity contribution >= 4 is 17.8 Å². The van der Waals surface area contributed by atoms with Gasteiger partial charge in [-0.2, -0.15) is 0 Å². The zero-order valence-corrected chi connectivity index (χ0v) is 15.6. The number of benzene rings is 1. The summed E-state index contributed by atoms with van der Waals surface area (Å²) in [5.41, 5.74) is 6.85. The average Bonchev–Trinajstić information content (AvgIpc) is 3.09. The molecule has 1 saturated heterocycles. The Kier molecular flexibility index (Phi) is 6.79. The molecule has 0 bridgehead atoms. The predicted molar refractivity (Wildman–Crippen MR) is 98.9 cm³/mol. The Morgan fingerprint density at radius 3 is 2.44 bits per heavy atom. The van der Waals surface area contributed by atoms with Gasteiger partial charge in [0.1, 0.15) is 17.8 Å². The molecule has 8 nitrogen and oxygen atoms in total. The maximum Gasteiger partial charge on any atom is 0.326 e. The number of nitrogens with one attached hydrogen (secondary N) is 1. The van der Waals surface area contributed by atoms with E-state index in [4.69, 9.17) is 5.73 Å². The summed E-state index contributed by atoms with van der Waals surface area (Å²) in [6.07, 6.45) is 1.43. The third kappa shape index (κ3) is 5.19. The first kappa shape index (κ1) is 20.7. The fourth-order valence-electron chi connectivity index (χ4n) is 3.25. The quantitative estimate of drug-likeness (QED) is 0.546. The van der Waals surface area contributed by atoms with E-state index in [1.807, 2.05) is 0 Å². The van der Waals surface area contributed by atoms with Crippen LogP contribution < -0.4 is 11.1 Å². The molecule has 0 aromatic heterocycles. The van der Waals surface area contributed by atoms with Gasteiger partial charge in [-0.05, 0) is 42.9 Å². The molecule has 0 unspecified atom stereocenters. The SMILES string of the molecule is CC(C)[C@H](NC(=O)[C@@H]1CCCN1C(=O)[C@@H](N)Cc1ccc(O)cc1)C(=O)O. The molecule has 1 aromatic carbocycles. The number of nitrogens with zero attached hydrogens (tertiary/aromatic N) is 1. The largest absolute Gasteiger partial charge is 0.508 e. The van der Waals surface area contributed by atoms with E-state index in [-0.39, 0.29) is 24.0 Å². The lowest BCUT2D eigenvalue weighted by atomic mass is 10.0. The summed E-state index contributed by atoms with van der Waals surface area (Å²) in [6, 6.07) is 3.91. The van der Waals surface area contributed by atoms with E-state index in [1.54, 1.807) is 26.0 Å². The third-order valence-corrected chi connectivity index (χ3v) is 4.78. The molecule has 0 saturated carbocycles. The van der Waals surface area contributed by atoms with E-state index >= 15 is 0 Å². The van der Waals surface area contributed by atoms with Crippen molar-refractivity contribution in [3.05, 3.63) is 29.8 Å². The number of aliphatic carboxylic acids is 1. The van der Waals surface area contributed by atoms with Gasteiger partial charge in [0.05, 0.1) is 6.04 Å². The van der Waals surface area contributed by atoms with Gasteiger partial charge in [0, 0.05) is 6.54 Å². The Hall–Kier alpha value is -2.61. The molecular weight excluding hydrogens is 350 g/mol. The highest BCUT2D eigenvalue weighted by Gasteiger charge is 2.37. The molecule has 8 heteroatoms. The highest BCUT2D eigenvalue weighted by atomic mass is 16.4. The van der Waals surface area contributed by atoms with E-state index in [1.165, 1.54) is 17.0 Å². The second kappa shape index (κ2) is 8.85. The summed E-state index contributed by atoms with van der Waals surface area (Å²) >= 11 is 0. The van der Waals surface area contributed by atoms with Gasteiger partial charge in [0.25, 0.3) is 0 Å². The number of phenols is 1. The smallest absolute Gasteiger partial charge is 0.326 e. The van der Waals surface area contributed by atoms with Gasteiger partial charge < -0.3 is 26.2 Å². The van der Waals surface area contributed by atoms with E-state index in [9.17, 15) is 24.6 Å². The second-order valence-electron chi connectivity index (χ2n) is 7.24. The van der Waals surface area contributed by atoms with E-state index in [2.05, 4.69) is 5.32 Å². The lowest BCUT2D eigenvalue weighted by Gasteiger charge is -2.28. The zero-order valence-electron chi connectivity index (χ0n) is 15.6. The normalized spacial score (nSPS) is 19.0. The molecule has 1 heterocycles. The van der Waals surface area contributed by atoms with Crippen molar-refractivity contribution in [3.63, 3.8) is 0 Å². The maximum atomic E-state index is 12.7. The van der Waals surface area contributed by atoms with Crippen LogP contribution in [0, 0.1) is 5.92 Å². The first-order valence-corrected chi connectivity index (χ1v) is 9.08. The lowest BCUT2D eigenvalue weighted by molar-refractivity contribution is -0.145. The molecule has 3 atom stereocenters. The number of likely N-dealkylation sites (tertiary alicyclic amines) is 1. The molecule has 0 spiro atoms. The van der Waals surface area contributed by atoms with Gasteiger partial charge in [0.2, 0.25) is 11.8 Å². The van der Waals surface area contributed by atoms with Gasteiger partial charge in [-0.1, -0.05) is 26.0 Å².